The van der Waals surface area contributed by atoms with E-state index in [1.807, 2.05) is 0 Å². The van der Waals surface area contributed by atoms with Crippen LogP contribution in [0, 0.1) is 11.3 Å². The first-order valence-electron chi connectivity index (χ1n) is 5.88. The van der Waals surface area contributed by atoms with Gasteiger partial charge in [-0.2, -0.15) is 5.26 Å². The van der Waals surface area contributed by atoms with Gasteiger partial charge in [0.1, 0.15) is 5.54 Å². The number of rotatable bonds is 1. The van der Waals surface area contributed by atoms with Gasteiger partial charge in [0, 0.05) is 12.8 Å². The van der Waals surface area contributed by atoms with Gasteiger partial charge in [-0.05, 0) is 39.8 Å². The van der Waals surface area contributed by atoms with Gasteiger partial charge in [-0.3, -0.25) is 4.90 Å². The molecule has 2 fully saturated rings. The number of hydrogen-bond acceptors (Lipinski definition) is 3. The molecule has 1 unspecified atom stereocenters. The Morgan fingerprint density at radius 3 is 2.47 bits per heavy atom. The minimum Gasteiger partial charge on any atom is -0.375 e. The third kappa shape index (κ3) is 2.02. The largest absolute Gasteiger partial charge is 0.375 e. The summed E-state index contributed by atoms with van der Waals surface area (Å²) in [5, 5.41) is 9.49. The number of ether oxygens (including phenoxy) is 1. The van der Waals surface area contributed by atoms with Crippen LogP contribution in [0.5, 0.6) is 0 Å². The zero-order valence-corrected chi connectivity index (χ0v) is 9.75. The summed E-state index contributed by atoms with van der Waals surface area (Å²) in [7, 11) is 0. The van der Waals surface area contributed by atoms with Crippen molar-refractivity contribution in [2.45, 2.75) is 50.7 Å². The van der Waals surface area contributed by atoms with Crippen LogP contribution >= 0.6 is 0 Å². The molecule has 2 heterocycles. The monoisotopic (exact) mass is 208 g/mol. The molecule has 0 amide bonds. The molecule has 0 saturated carbocycles. The van der Waals surface area contributed by atoms with Gasteiger partial charge >= 0.3 is 0 Å². The van der Waals surface area contributed by atoms with Crippen LogP contribution in [0.15, 0.2) is 0 Å². The van der Waals surface area contributed by atoms with Gasteiger partial charge in [0.05, 0.1) is 18.3 Å². The van der Waals surface area contributed by atoms with E-state index in [9.17, 15) is 5.26 Å². The van der Waals surface area contributed by atoms with Crippen molar-refractivity contribution in [1.29, 1.82) is 5.26 Å². The molecular weight excluding hydrogens is 188 g/mol. The van der Waals surface area contributed by atoms with E-state index in [-0.39, 0.29) is 11.1 Å². The van der Waals surface area contributed by atoms with E-state index in [0.29, 0.717) is 0 Å². The smallest absolute Gasteiger partial charge is 0.114 e. The average Bonchev–Trinajstić information content (AvgIpc) is 2.69. The van der Waals surface area contributed by atoms with Crippen LogP contribution in [0.3, 0.4) is 0 Å². The summed E-state index contributed by atoms with van der Waals surface area (Å²) < 4.78 is 5.70. The highest BCUT2D eigenvalue weighted by atomic mass is 16.5. The predicted octanol–water partition coefficient (Wildman–Crippen LogP) is 1.93. The molecule has 2 aliphatic heterocycles. The lowest BCUT2D eigenvalue weighted by Crippen LogP contribution is -2.54. The highest BCUT2D eigenvalue weighted by Crippen LogP contribution is 2.37. The zero-order chi connectivity index (χ0) is 10.9. The molecule has 0 N–H and O–H groups in total. The van der Waals surface area contributed by atoms with Crippen LogP contribution < -0.4 is 0 Å². The zero-order valence-electron chi connectivity index (χ0n) is 9.75. The molecule has 0 aromatic carbocycles. The summed E-state index contributed by atoms with van der Waals surface area (Å²) in [6, 6.07) is 2.56. The quantitative estimate of drug-likeness (QED) is 0.660. The maximum atomic E-state index is 9.49. The first kappa shape index (κ1) is 10.9. The Morgan fingerprint density at radius 1 is 1.27 bits per heavy atom. The van der Waals surface area contributed by atoms with Gasteiger partial charge in [-0.1, -0.05) is 0 Å². The van der Waals surface area contributed by atoms with Gasteiger partial charge in [0.15, 0.2) is 0 Å². The molecule has 0 spiro atoms. The van der Waals surface area contributed by atoms with Gasteiger partial charge < -0.3 is 4.74 Å². The maximum absolute atomic E-state index is 9.49. The standard InChI is InChI=1S/C12H20N2O/c1-11(2)9-12(10-13,5-8-15-11)14-6-3-4-7-14/h3-9H2,1-2H3. The summed E-state index contributed by atoms with van der Waals surface area (Å²) in [6.45, 7) is 7.08. The molecule has 0 radical (unpaired) electrons. The average molecular weight is 208 g/mol. The molecule has 2 rings (SSSR count). The van der Waals surface area contributed by atoms with Crippen molar-refractivity contribution in [3.05, 3.63) is 0 Å². The fraction of sp³-hybridized carbons (Fsp3) is 0.917. The second-order valence-corrected chi connectivity index (χ2v) is 5.37. The van der Waals surface area contributed by atoms with Gasteiger partial charge in [0.25, 0.3) is 0 Å². The molecule has 15 heavy (non-hydrogen) atoms. The first-order valence-corrected chi connectivity index (χ1v) is 5.88. The lowest BCUT2D eigenvalue weighted by molar-refractivity contribution is -0.0994. The molecule has 84 valence electrons. The van der Waals surface area contributed by atoms with Crippen molar-refractivity contribution in [3.63, 3.8) is 0 Å². The predicted molar refractivity (Wildman–Crippen MR) is 58.4 cm³/mol. The number of nitriles is 1. The molecule has 3 nitrogen and oxygen atoms in total. The molecule has 2 aliphatic rings. The van der Waals surface area contributed by atoms with Gasteiger partial charge in [-0.25, -0.2) is 0 Å². The third-order valence-corrected chi connectivity index (χ3v) is 3.65. The van der Waals surface area contributed by atoms with Crippen molar-refractivity contribution in [2.75, 3.05) is 19.7 Å². The number of likely N-dealkylation sites (tertiary alicyclic amines) is 1. The maximum Gasteiger partial charge on any atom is 0.114 e. The van der Waals surface area contributed by atoms with Crippen molar-refractivity contribution in [1.82, 2.24) is 4.90 Å². The summed E-state index contributed by atoms with van der Waals surface area (Å²) in [5.74, 6) is 0. The molecule has 2 saturated heterocycles. The molecule has 0 aromatic heterocycles. The van der Waals surface area contributed by atoms with E-state index in [2.05, 4.69) is 24.8 Å². The summed E-state index contributed by atoms with van der Waals surface area (Å²) in [6.07, 6.45) is 4.19. The summed E-state index contributed by atoms with van der Waals surface area (Å²) in [4.78, 5) is 2.37. The summed E-state index contributed by atoms with van der Waals surface area (Å²) in [5.41, 5.74) is -0.394. The van der Waals surface area contributed by atoms with Gasteiger partial charge in [0.2, 0.25) is 0 Å². The van der Waals surface area contributed by atoms with Crippen LogP contribution in [-0.4, -0.2) is 35.7 Å². The van der Waals surface area contributed by atoms with Crippen molar-refractivity contribution >= 4 is 0 Å². The minimum atomic E-state index is -0.252. The molecular formula is C12H20N2O. The topological polar surface area (TPSA) is 36.3 Å². The van der Waals surface area contributed by atoms with E-state index < -0.39 is 0 Å². The van der Waals surface area contributed by atoms with E-state index in [1.165, 1.54) is 12.8 Å². The van der Waals surface area contributed by atoms with Crippen molar-refractivity contribution in [2.24, 2.45) is 0 Å². The molecule has 0 aromatic rings. The highest BCUT2D eigenvalue weighted by Gasteiger charge is 2.45. The fourth-order valence-corrected chi connectivity index (χ4v) is 2.92. The fourth-order valence-electron chi connectivity index (χ4n) is 2.92. The molecule has 3 heteroatoms. The lowest BCUT2D eigenvalue weighted by Gasteiger charge is -2.45. The minimum absolute atomic E-state index is 0.142. The molecule has 0 bridgehead atoms. The van der Waals surface area contributed by atoms with Crippen molar-refractivity contribution < 1.29 is 4.74 Å². The first-order chi connectivity index (χ1) is 7.08. The van der Waals surface area contributed by atoms with Gasteiger partial charge in [-0.15, -0.1) is 0 Å². The Bertz CT molecular complexity index is 276. The Morgan fingerprint density at radius 2 is 1.93 bits per heavy atom. The number of hydrogen-bond donors (Lipinski definition) is 0. The highest BCUT2D eigenvalue weighted by molar-refractivity contribution is 5.13. The van der Waals surface area contributed by atoms with Crippen molar-refractivity contribution in [3.8, 4) is 6.07 Å². The van der Waals surface area contributed by atoms with Crippen LogP contribution in [0.2, 0.25) is 0 Å². The second kappa shape index (κ2) is 3.77. The van der Waals surface area contributed by atoms with Crippen LogP contribution in [0.4, 0.5) is 0 Å². The van der Waals surface area contributed by atoms with E-state index >= 15 is 0 Å². The van der Waals surface area contributed by atoms with E-state index in [1.54, 1.807) is 0 Å². The SMILES string of the molecule is CC1(C)CC(C#N)(N2CCCC2)CCO1. The van der Waals surface area contributed by atoms with E-state index in [4.69, 9.17) is 4.74 Å². The van der Waals surface area contributed by atoms with E-state index in [0.717, 1.165) is 32.5 Å². The second-order valence-electron chi connectivity index (χ2n) is 5.37. The van der Waals surface area contributed by atoms with Crippen LogP contribution in [0.25, 0.3) is 0 Å². The Labute approximate surface area is 92.0 Å². The third-order valence-electron chi connectivity index (χ3n) is 3.65. The Hall–Kier alpha value is -0.590. The van der Waals surface area contributed by atoms with Crippen LogP contribution in [0.1, 0.15) is 39.5 Å². The summed E-state index contributed by atoms with van der Waals surface area (Å²) >= 11 is 0. The lowest BCUT2D eigenvalue weighted by atomic mass is 9.81. The number of nitrogens with zero attached hydrogens (tertiary/aromatic N) is 2. The molecule has 0 aliphatic carbocycles. The Balaban J connectivity index is 2.17. The molecule has 1 atom stereocenters. The van der Waals surface area contributed by atoms with Crippen LogP contribution in [-0.2, 0) is 4.74 Å². The Kier molecular flexibility index (Phi) is 2.74. The normalized spacial score (nSPS) is 36.3.